The molecule has 2 rings (SSSR count). The smallest absolute Gasteiger partial charge is 0.406 e. The number of hydrogen-bond donors (Lipinski definition) is 0. The maximum Gasteiger partial charge on any atom is 0.515 e. The molecule has 1 fully saturated rings. The molecule has 0 N–H and O–H groups in total. The Balaban J connectivity index is 2.08. The first-order valence-electron chi connectivity index (χ1n) is 3.96. The van der Waals surface area contributed by atoms with E-state index in [1.165, 1.54) is 0 Å². The van der Waals surface area contributed by atoms with Crippen molar-refractivity contribution in [1.82, 2.24) is 9.97 Å². The molecule has 0 unspecified atom stereocenters. The molecule has 0 bridgehead atoms. The van der Waals surface area contributed by atoms with Crippen LogP contribution in [-0.4, -0.2) is 30.3 Å². The number of nitrogens with zero attached hydrogens (tertiary/aromatic N) is 2. The van der Waals surface area contributed by atoms with Crippen LogP contribution in [-0.2, 0) is 9.31 Å². The zero-order valence-electron chi connectivity index (χ0n) is 6.64. The van der Waals surface area contributed by atoms with E-state index >= 15 is 0 Å². The fourth-order valence-corrected chi connectivity index (χ4v) is 1.09. The Morgan fingerprint density at radius 1 is 1.25 bits per heavy atom. The molecule has 0 radical (unpaired) electrons. The van der Waals surface area contributed by atoms with E-state index in [-0.39, 0.29) is 7.12 Å². The molecule has 1 aromatic heterocycles. The fraction of sp³-hybridized carbons (Fsp3) is 0.429. The van der Waals surface area contributed by atoms with Gasteiger partial charge in [0.15, 0.2) is 0 Å². The van der Waals surface area contributed by atoms with E-state index in [1.54, 1.807) is 18.6 Å². The molecule has 1 aliphatic heterocycles. The topological polar surface area (TPSA) is 44.2 Å². The normalized spacial score (nSPS) is 17.8. The van der Waals surface area contributed by atoms with Gasteiger partial charge in [-0.25, -0.2) is 0 Å². The monoisotopic (exact) mass is 164 g/mol. The van der Waals surface area contributed by atoms with Gasteiger partial charge in [0, 0.05) is 31.8 Å². The van der Waals surface area contributed by atoms with E-state index in [2.05, 4.69) is 9.97 Å². The quantitative estimate of drug-likeness (QED) is 0.530. The molecule has 0 saturated carbocycles. The lowest BCUT2D eigenvalue weighted by molar-refractivity contribution is 0.143. The molecule has 4 nitrogen and oxygen atoms in total. The van der Waals surface area contributed by atoms with Crippen LogP contribution >= 0.6 is 0 Å². The summed E-state index contributed by atoms with van der Waals surface area (Å²) in [6, 6.07) is 0. The van der Waals surface area contributed by atoms with Crippen molar-refractivity contribution in [2.75, 3.05) is 13.2 Å². The Labute approximate surface area is 71.1 Å². The van der Waals surface area contributed by atoms with Crippen molar-refractivity contribution < 1.29 is 9.31 Å². The van der Waals surface area contributed by atoms with Crippen molar-refractivity contribution in [3.8, 4) is 0 Å². The first kappa shape index (κ1) is 7.70. The maximum atomic E-state index is 5.34. The van der Waals surface area contributed by atoms with Gasteiger partial charge in [-0.2, -0.15) is 0 Å². The molecule has 62 valence electrons. The standard InChI is InChI=1S/C7H9BN2O2/c1-4-11-8(12-5-1)7-6-9-2-3-10-7/h2-3,6H,1,4-5H2. The summed E-state index contributed by atoms with van der Waals surface area (Å²) in [5.74, 6) is 0. The third-order valence-electron chi connectivity index (χ3n) is 1.65. The van der Waals surface area contributed by atoms with Gasteiger partial charge in [-0.15, -0.1) is 0 Å². The van der Waals surface area contributed by atoms with E-state index in [0.29, 0.717) is 0 Å². The third-order valence-corrected chi connectivity index (χ3v) is 1.65. The Morgan fingerprint density at radius 3 is 2.75 bits per heavy atom. The summed E-state index contributed by atoms with van der Waals surface area (Å²) in [5.41, 5.74) is 0.747. The highest BCUT2D eigenvalue weighted by molar-refractivity contribution is 6.60. The van der Waals surface area contributed by atoms with Crippen LogP contribution in [0.5, 0.6) is 0 Å². The summed E-state index contributed by atoms with van der Waals surface area (Å²) in [5, 5.41) is 0. The fourth-order valence-electron chi connectivity index (χ4n) is 1.09. The van der Waals surface area contributed by atoms with Crippen molar-refractivity contribution >= 4 is 12.7 Å². The minimum Gasteiger partial charge on any atom is -0.406 e. The number of hydrogen-bond acceptors (Lipinski definition) is 4. The van der Waals surface area contributed by atoms with Gasteiger partial charge >= 0.3 is 7.12 Å². The van der Waals surface area contributed by atoms with Gasteiger partial charge in [0.05, 0.1) is 5.59 Å². The maximum absolute atomic E-state index is 5.34. The summed E-state index contributed by atoms with van der Waals surface area (Å²) >= 11 is 0. The highest BCUT2D eigenvalue weighted by Crippen LogP contribution is 1.99. The zero-order valence-corrected chi connectivity index (χ0v) is 6.64. The molecule has 1 aromatic rings. The lowest BCUT2D eigenvalue weighted by atomic mass is 9.84. The van der Waals surface area contributed by atoms with Crippen molar-refractivity contribution in [3.05, 3.63) is 18.6 Å². The Bertz CT molecular complexity index is 238. The van der Waals surface area contributed by atoms with Crippen molar-refractivity contribution in [1.29, 1.82) is 0 Å². The van der Waals surface area contributed by atoms with Crippen molar-refractivity contribution in [2.45, 2.75) is 6.42 Å². The second-order valence-corrected chi connectivity index (χ2v) is 2.56. The van der Waals surface area contributed by atoms with Gasteiger partial charge < -0.3 is 9.31 Å². The third kappa shape index (κ3) is 1.62. The minimum absolute atomic E-state index is 0.313. The van der Waals surface area contributed by atoms with E-state index in [1.807, 2.05) is 0 Å². The van der Waals surface area contributed by atoms with Gasteiger partial charge in [-0.3, -0.25) is 9.97 Å². The van der Waals surface area contributed by atoms with Crippen LogP contribution in [0.3, 0.4) is 0 Å². The molecule has 1 saturated heterocycles. The van der Waals surface area contributed by atoms with Crippen LogP contribution in [0.15, 0.2) is 18.6 Å². The Morgan fingerprint density at radius 2 is 2.08 bits per heavy atom. The van der Waals surface area contributed by atoms with E-state index in [9.17, 15) is 0 Å². The first-order valence-corrected chi connectivity index (χ1v) is 3.96. The molecule has 12 heavy (non-hydrogen) atoms. The Kier molecular flexibility index (Phi) is 2.34. The van der Waals surface area contributed by atoms with Crippen LogP contribution in [0, 0.1) is 0 Å². The van der Waals surface area contributed by atoms with Gasteiger partial charge in [0.1, 0.15) is 0 Å². The zero-order chi connectivity index (χ0) is 8.23. The molecule has 0 atom stereocenters. The number of aromatic nitrogens is 2. The molecule has 1 aliphatic rings. The van der Waals surface area contributed by atoms with Crippen LogP contribution in [0.1, 0.15) is 6.42 Å². The molecular weight excluding hydrogens is 155 g/mol. The summed E-state index contributed by atoms with van der Waals surface area (Å²) in [6.45, 7) is 1.47. The second-order valence-electron chi connectivity index (χ2n) is 2.56. The van der Waals surface area contributed by atoms with Crippen molar-refractivity contribution in [3.63, 3.8) is 0 Å². The average Bonchev–Trinajstić information content (AvgIpc) is 2.21. The van der Waals surface area contributed by atoms with E-state index < -0.39 is 0 Å². The SMILES string of the molecule is c1cnc(B2OCCCO2)cn1. The van der Waals surface area contributed by atoms with Gasteiger partial charge in [-0.05, 0) is 6.42 Å². The summed E-state index contributed by atoms with van der Waals surface area (Å²) < 4.78 is 10.7. The number of rotatable bonds is 1. The highest BCUT2D eigenvalue weighted by atomic mass is 16.6. The van der Waals surface area contributed by atoms with Gasteiger partial charge in [0.2, 0.25) is 0 Å². The van der Waals surface area contributed by atoms with E-state index in [4.69, 9.17) is 9.31 Å². The first-order chi connectivity index (χ1) is 5.97. The molecule has 0 amide bonds. The molecule has 0 spiro atoms. The van der Waals surface area contributed by atoms with E-state index in [0.717, 1.165) is 25.2 Å². The summed E-state index contributed by atoms with van der Waals surface area (Å²) in [6.07, 6.45) is 5.88. The van der Waals surface area contributed by atoms with Gasteiger partial charge in [0.25, 0.3) is 0 Å². The molecule has 2 heterocycles. The van der Waals surface area contributed by atoms with Crippen LogP contribution in [0.2, 0.25) is 0 Å². The molecule has 0 aromatic carbocycles. The lowest BCUT2D eigenvalue weighted by Gasteiger charge is -2.18. The Hall–Kier alpha value is -0.935. The van der Waals surface area contributed by atoms with Crippen LogP contribution < -0.4 is 5.59 Å². The molecule has 5 heteroatoms. The van der Waals surface area contributed by atoms with Gasteiger partial charge in [-0.1, -0.05) is 0 Å². The molecule has 0 aliphatic carbocycles. The van der Waals surface area contributed by atoms with Crippen LogP contribution in [0.25, 0.3) is 0 Å². The minimum atomic E-state index is -0.313. The molecular formula is C7H9BN2O2. The highest BCUT2D eigenvalue weighted by Gasteiger charge is 2.25. The van der Waals surface area contributed by atoms with Crippen molar-refractivity contribution in [2.24, 2.45) is 0 Å². The average molecular weight is 164 g/mol. The predicted octanol–water partition coefficient (Wildman–Crippen LogP) is -0.391. The lowest BCUT2D eigenvalue weighted by Crippen LogP contribution is -2.42. The largest absolute Gasteiger partial charge is 0.515 e. The summed E-state index contributed by atoms with van der Waals surface area (Å²) in [7, 11) is -0.313. The predicted molar refractivity (Wildman–Crippen MR) is 43.9 cm³/mol. The second kappa shape index (κ2) is 3.64. The van der Waals surface area contributed by atoms with Crippen LogP contribution in [0.4, 0.5) is 0 Å². The summed E-state index contributed by atoms with van der Waals surface area (Å²) in [4.78, 5) is 8.03.